The molecule has 0 unspecified atom stereocenters. The van der Waals surface area contributed by atoms with Crippen molar-refractivity contribution in [1.29, 1.82) is 0 Å². The molecule has 2 aromatic rings. The maximum Gasteiger partial charge on any atom is 0.330 e. The quantitative estimate of drug-likeness (QED) is 0.587. The summed E-state index contributed by atoms with van der Waals surface area (Å²) in [5.74, 6) is 1.66. The minimum absolute atomic E-state index is 0.136. The molecule has 7 nitrogen and oxygen atoms in total. The van der Waals surface area contributed by atoms with Crippen LogP contribution in [0.3, 0.4) is 0 Å². The molecular formula is C18H22N2O5. The van der Waals surface area contributed by atoms with Crippen molar-refractivity contribution < 1.29 is 23.5 Å². The van der Waals surface area contributed by atoms with Crippen LogP contribution in [-0.4, -0.2) is 30.3 Å². The van der Waals surface area contributed by atoms with E-state index in [0.29, 0.717) is 23.2 Å². The monoisotopic (exact) mass is 346 g/mol. The molecule has 0 aliphatic rings. The molecule has 0 bridgehead atoms. The number of carbonyl (C=O) groups is 1. The van der Waals surface area contributed by atoms with E-state index in [4.69, 9.17) is 14.0 Å². The Kier molecular flexibility index (Phi) is 5.80. The van der Waals surface area contributed by atoms with Crippen LogP contribution < -0.4 is 9.47 Å². The maximum atomic E-state index is 11.2. The number of carbonyl (C=O) groups excluding carboxylic acids is 1. The summed E-state index contributed by atoms with van der Waals surface area (Å²) in [6.45, 7) is 6.15. The van der Waals surface area contributed by atoms with Gasteiger partial charge < -0.3 is 18.7 Å². The molecule has 2 rings (SSSR count). The first-order chi connectivity index (χ1) is 11.8. The summed E-state index contributed by atoms with van der Waals surface area (Å²) < 4.78 is 20.8. The zero-order chi connectivity index (χ0) is 18.4. The zero-order valence-corrected chi connectivity index (χ0v) is 15.0. The van der Waals surface area contributed by atoms with E-state index < -0.39 is 5.97 Å². The lowest BCUT2D eigenvalue weighted by Gasteiger charge is -2.11. The maximum absolute atomic E-state index is 11.2. The summed E-state index contributed by atoms with van der Waals surface area (Å²) in [7, 11) is 2.87. The predicted octanol–water partition coefficient (Wildman–Crippen LogP) is 3.14. The van der Waals surface area contributed by atoms with E-state index in [1.54, 1.807) is 31.4 Å². The van der Waals surface area contributed by atoms with E-state index in [9.17, 15) is 4.79 Å². The van der Waals surface area contributed by atoms with Gasteiger partial charge in [0.15, 0.2) is 23.9 Å². The molecule has 0 saturated heterocycles. The number of methoxy groups -OCH3 is 2. The number of hydrogen-bond donors (Lipinski definition) is 0. The molecule has 1 aromatic heterocycles. The molecule has 25 heavy (non-hydrogen) atoms. The number of ether oxygens (including phenoxy) is 3. The van der Waals surface area contributed by atoms with Crippen LogP contribution in [0.5, 0.6) is 11.5 Å². The fraction of sp³-hybridized carbons (Fsp3) is 0.389. The normalized spacial score (nSPS) is 11.6. The van der Waals surface area contributed by atoms with E-state index >= 15 is 0 Å². The van der Waals surface area contributed by atoms with Crippen LogP contribution in [0.1, 0.15) is 38.0 Å². The molecule has 0 aliphatic carbocycles. The number of benzene rings is 1. The average molecular weight is 346 g/mol. The average Bonchev–Trinajstić information content (AvgIpc) is 3.07. The molecule has 0 N–H and O–H groups in total. The summed E-state index contributed by atoms with van der Waals surface area (Å²) in [5, 5.41) is 3.96. The minimum Gasteiger partial charge on any atom is -0.493 e. The molecule has 0 amide bonds. The first-order valence-electron chi connectivity index (χ1n) is 7.73. The molecule has 0 aliphatic heterocycles. The van der Waals surface area contributed by atoms with Gasteiger partial charge in [0.05, 0.1) is 14.2 Å². The standard InChI is InChI=1S/C18H22N2O5/c1-18(2,3)17-19-15(25-20-17)11-24-13-8-6-12(10-14(13)22-4)7-9-16(21)23-5/h6-10H,11H2,1-5H3/b9-7+. The third kappa shape index (κ3) is 5.07. The van der Waals surface area contributed by atoms with Crippen molar-refractivity contribution in [2.45, 2.75) is 32.8 Å². The summed E-state index contributed by atoms with van der Waals surface area (Å²) in [6.07, 6.45) is 2.97. The third-order valence-electron chi connectivity index (χ3n) is 3.29. The van der Waals surface area contributed by atoms with Gasteiger partial charge in [-0.3, -0.25) is 0 Å². The van der Waals surface area contributed by atoms with Gasteiger partial charge >= 0.3 is 5.97 Å². The largest absolute Gasteiger partial charge is 0.493 e. The van der Waals surface area contributed by atoms with Gasteiger partial charge in [-0.25, -0.2) is 4.79 Å². The molecule has 0 fully saturated rings. The van der Waals surface area contributed by atoms with Crippen LogP contribution in [0.2, 0.25) is 0 Å². The van der Waals surface area contributed by atoms with Gasteiger partial charge in [-0.1, -0.05) is 32.0 Å². The summed E-state index contributed by atoms with van der Waals surface area (Å²) in [5.41, 5.74) is 0.593. The van der Waals surface area contributed by atoms with Crippen molar-refractivity contribution in [3.63, 3.8) is 0 Å². The van der Waals surface area contributed by atoms with Gasteiger partial charge in [0.25, 0.3) is 5.89 Å². The van der Waals surface area contributed by atoms with Crippen molar-refractivity contribution >= 4 is 12.0 Å². The van der Waals surface area contributed by atoms with Crippen LogP contribution in [0.25, 0.3) is 6.08 Å². The van der Waals surface area contributed by atoms with Gasteiger partial charge in [0.1, 0.15) is 0 Å². The van der Waals surface area contributed by atoms with Gasteiger partial charge in [0, 0.05) is 11.5 Å². The smallest absolute Gasteiger partial charge is 0.330 e. The molecule has 1 heterocycles. The Morgan fingerprint density at radius 1 is 1.24 bits per heavy atom. The summed E-state index contributed by atoms with van der Waals surface area (Å²) in [6, 6.07) is 5.30. The lowest BCUT2D eigenvalue weighted by Crippen LogP contribution is -2.13. The van der Waals surface area contributed by atoms with Crippen LogP contribution in [0.4, 0.5) is 0 Å². The van der Waals surface area contributed by atoms with Crippen molar-refractivity contribution in [2.75, 3.05) is 14.2 Å². The van der Waals surface area contributed by atoms with Crippen LogP contribution >= 0.6 is 0 Å². The number of aromatic nitrogens is 2. The highest BCUT2D eigenvalue weighted by atomic mass is 16.5. The van der Waals surface area contributed by atoms with Crippen LogP contribution in [0, 0.1) is 0 Å². The number of rotatable bonds is 6. The Morgan fingerprint density at radius 2 is 2.00 bits per heavy atom. The molecule has 0 spiro atoms. The Hall–Kier alpha value is -2.83. The SMILES string of the molecule is COC(=O)/C=C/c1ccc(OCc2nc(C(C)(C)C)no2)c(OC)c1. The number of nitrogens with zero attached hydrogens (tertiary/aromatic N) is 2. The molecule has 0 atom stereocenters. The second-order valence-corrected chi connectivity index (χ2v) is 6.32. The lowest BCUT2D eigenvalue weighted by atomic mass is 9.96. The Balaban J connectivity index is 2.08. The third-order valence-corrected chi connectivity index (χ3v) is 3.29. The number of hydrogen-bond acceptors (Lipinski definition) is 7. The van der Waals surface area contributed by atoms with Gasteiger partial charge in [-0.05, 0) is 23.8 Å². The Morgan fingerprint density at radius 3 is 2.60 bits per heavy atom. The van der Waals surface area contributed by atoms with Gasteiger partial charge in [0.2, 0.25) is 0 Å². The Bertz CT molecular complexity index is 759. The molecule has 0 saturated carbocycles. The predicted molar refractivity (Wildman–Crippen MR) is 91.4 cm³/mol. The fourth-order valence-electron chi connectivity index (χ4n) is 1.90. The summed E-state index contributed by atoms with van der Waals surface area (Å²) >= 11 is 0. The first-order valence-corrected chi connectivity index (χ1v) is 7.73. The van der Waals surface area contributed by atoms with Crippen LogP contribution in [0.15, 0.2) is 28.8 Å². The second-order valence-electron chi connectivity index (χ2n) is 6.32. The van der Waals surface area contributed by atoms with E-state index in [1.165, 1.54) is 13.2 Å². The highest BCUT2D eigenvalue weighted by molar-refractivity contribution is 5.87. The van der Waals surface area contributed by atoms with Crippen molar-refractivity contribution in [1.82, 2.24) is 10.1 Å². The highest BCUT2D eigenvalue weighted by Gasteiger charge is 2.21. The fourth-order valence-corrected chi connectivity index (χ4v) is 1.90. The molecule has 7 heteroatoms. The van der Waals surface area contributed by atoms with Gasteiger partial charge in [-0.2, -0.15) is 4.98 Å². The van der Waals surface area contributed by atoms with E-state index in [-0.39, 0.29) is 12.0 Å². The molecule has 0 radical (unpaired) electrons. The van der Waals surface area contributed by atoms with Crippen molar-refractivity contribution in [3.05, 3.63) is 41.6 Å². The van der Waals surface area contributed by atoms with Crippen LogP contribution in [-0.2, 0) is 21.6 Å². The molecular weight excluding hydrogens is 324 g/mol. The van der Waals surface area contributed by atoms with E-state index in [2.05, 4.69) is 14.9 Å². The van der Waals surface area contributed by atoms with E-state index in [1.807, 2.05) is 20.8 Å². The van der Waals surface area contributed by atoms with Crippen molar-refractivity contribution in [2.24, 2.45) is 0 Å². The second kappa shape index (κ2) is 7.83. The Labute approximate surface area is 146 Å². The van der Waals surface area contributed by atoms with Gasteiger partial charge in [-0.15, -0.1) is 0 Å². The number of esters is 1. The molecule has 134 valence electrons. The van der Waals surface area contributed by atoms with Crippen molar-refractivity contribution in [3.8, 4) is 11.5 Å². The molecule has 1 aromatic carbocycles. The first kappa shape index (κ1) is 18.5. The topological polar surface area (TPSA) is 83.7 Å². The zero-order valence-electron chi connectivity index (χ0n) is 15.0. The highest BCUT2D eigenvalue weighted by Crippen LogP contribution is 2.29. The van der Waals surface area contributed by atoms with E-state index in [0.717, 1.165) is 5.56 Å². The lowest BCUT2D eigenvalue weighted by molar-refractivity contribution is -0.134. The summed E-state index contributed by atoms with van der Waals surface area (Å²) in [4.78, 5) is 15.5. The minimum atomic E-state index is -0.426.